The summed E-state index contributed by atoms with van der Waals surface area (Å²) in [6, 6.07) is 0. The van der Waals surface area contributed by atoms with Gasteiger partial charge in [-0.05, 0) is 109 Å². The van der Waals surface area contributed by atoms with Crippen molar-refractivity contribution in [3.8, 4) is 0 Å². The third-order valence-corrected chi connectivity index (χ3v) is 12.2. The van der Waals surface area contributed by atoms with E-state index in [1.165, 1.54) is 128 Å². The van der Waals surface area contributed by atoms with E-state index in [1.54, 1.807) is 0 Å². The summed E-state index contributed by atoms with van der Waals surface area (Å²) in [6.07, 6.45) is 87.3. The molecule has 0 bridgehead atoms. The summed E-state index contributed by atoms with van der Waals surface area (Å²) in [5.41, 5.74) is 0. The van der Waals surface area contributed by atoms with Gasteiger partial charge in [0.25, 0.3) is 0 Å². The summed E-state index contributed by atoms with van der Waals surface area (Å²) in [7, 11) is 0. The van der Waals surface area contributed by atoms with Gasteiger partial charge in [-0.25, -0.2) is 0 Å². The molecule has 0 aromatic rings. The maximum absolute atomic E-state index is 12.3. The first kappa shape index (κ1) is 66.3. The van der Waals surface area contributed by atoms with Gasteiger partial charge in [0.15, 0.2) is 6.10 Å². The number of aliphatic hydroxyl groups is 1. The molecule has 5 nitrogen and oxygen atoms in total. The van der Waals surface area contributed by atoms with Crippen molar-refractivity contribution in [3.05, 3.63) is 122 Å². The summed E-state index contributed by atoms with van der Waals surface area (Å²) in [6.45, 7) is 4.01. The van der Waals surface area contributed by atoms with Crippen LogP contribution in [0.3, 0.4) is 0 Å². The predicted octanol–water partition coefficient (Wildman–Crippen LogP) is 19.9. The van der Waals surface area contributed by atoms with Crippen molar-refractivity contribution in [1.29, 1.82) is 0 Å². The highest BCUT2D eigenvalue weighted by atomic mass is 16.6. The Morgan fingerprint density at radius 3 is 0.929 bits per heavy atom. The van der Waals surface area contributed by atoms with Gasteiger partial charge in [0, 0.05) is 12.8 Å². The molecule has 70 heavy (non-hydrogen) atoms. The van der Waals surface area contributed by atoms with Gasteiger partial charge >= 0.3 is 11.9 Å². The van der Waals surface area contributed by atoms with Crippen molar-refractivity contribution < 1.29 is 24.2 Å². The number of hydrogen-bond acceptors (Lipinski definition) is 5. The van der Waals surface area contributed by atoms with Crippen LogP contribution in [-0.4, -0.2) is 36.4 Å². The highest BCUT2D eigenvalue weighted by Crippen LogP contribution is 2.15. The summed E-state index contributed by atoms with van der Waals surface area (Å²) < 4.78 is 10.7. The number of aliphatic hydroxyl groups excluding tert-OH is 1. The molecule has 1 unspecified atom stereocenters. The van der Waals surface area contributed by atoms with Gasteiger partial charge < -0.3 is 14.6 Å². The molecule has 1 N–H and O–H groups in total. The van der Waals surface area contributed by atoms with Crippen LogP contribution in [0.5, 0.6) is 0 Å². The molecule has 0 aliphatic heterocycles. The molecule has 0 saturated carbocycles. The van der Waals surface area contributed by atoms with E-state index in [2.05, 4.69) is 135 Å². The Morgan fingerprint density at radius 2 is 0.614 bits per heavy atom. The van der Waals surface area contributed by atoms with E-state index in [1.807, 2.05) is 0 Å². The van der Waals surface area contributed by atoms with E-state index in [4.69, 9.17) is 9.47 Å². The van der Waals surface area contributed by atoms with Gasteiger partial charge in [0.05, 0.1) is 6.61 Å². The second-order valence-corrected chi connectivity index (χ2v) is 19.0. The molecule has 398 valence electrons. The molecule has 0 aliphatic rings. The summed E-state index contributed by atoms with van der Waals surface area (Å²) in [4.78, 5) is 24.6. The molecular formula is C65H108O5. The highest BCUT2D eigenvalue weighted by molar-refractivity contribution is 5.70. The van der Waals surface area contributed by atoms with Gasteiger partial charge in [-0.3, -0.25) is 9.59 Å². The molecule has 5 heteroatoms. The van der Waals surface area contributed by atoms with Crippen molar-refractivity contribution in [2.24, 2.45) is 0 Å². The van der Waals surface area contributed by atoms with E-state index in [9.17, 15) is 14.7 Å². The van der Waals surface area contributed by atoms with Crippen LogP contribution in [0.2, 0.25) is 0 Å². The first-order chi connectivity index (χ1) is 34.6. The standard InChI is InChI=1S/C65H108O5/c1-3-5-7-9-11-13-15-17-19-21-23-25-27-29-30-31-32-33-34-36-38-40-42-44-46-48-50-52-54-56-58-60-65(68)70-63(61-66)62-69-64(67)59-57-55-53-51-49-47-45-43-41-39-37-35-28-26-24-22-20-18-16-14-12-10-8-6-4-2/h5,7,11,13,16-19,22-25,28-30,32-33,35-36,38,63,66H,3-4,6,8-10,12,14-15,20-21,26-27,31,34,37,39-62H2,1-2H3/b7-5-,13-11-,18-16-,19-17-,24-22-,25-23-,30-29-,33-32-,35-28-,38-36-. The van der Waals surface area contributed by atoms with E-state index in [-0.39, 0.29) is 25.2 Å². The molecule has 0 aromatic carbocycles. The maximum Gasteiger partial charge on any atom is 0.306 e. The molecule has 0 aliphatic carbocycles. The van der Waals surface area contributed by atoms with Crippen molar-refractivity contribution in [3.63, 3.8) is 0 Å². The monoisotopic (exact) mass is 969 g/mol. The lowest BCUT2D eigenvalue weighted by Gasteiger charge is -2.15. The fourth-order valence-electron chi connectivity index (χ4n) is 7.90. The van der Waals surface area contributed by atoms with Crippen molar-refractivity contribution >= 4 is 11.9 Å². The topological polar surface area (TPSA) is 72.8 Å². The Morgan fingerprint density at radius 1 is 0.343 bits per heavy atom. The minimum Gasteiger partial charge on any atom is -0.462 e. The predicted molar refractivity (Wildman–Crippen MR) is 306 cm³/mol. The Bertz CT molecular complexity index is 1420. The summed E-state index contributed by atoms with van der Waals surface area (Å²) >= 11 is 0. The Balaban J connectivity index is 3.57. The molecule has 0 aromatic heterocycles. The summed E-state index contributed by atoms with van der Waals surface area (Å²) in [5.74, 6) is -0.605. The quantitative estimate of drug-likeness (QED) is 0.0374. The Labute approximate surface area is 433 Å². The Kier molecular flexibility index (Phi) is 56.5. The van der Waals surface area contributed by atoms with Gasteiger partial charge in [0.1, 0.15) is 6.61 Å². The lowest BCUT2D eigenvalue weighted by molar-refractivity contribution is -0.161. The second kappa shape index (κ2) is 59.6. The van der Waals surface area contributed by atoms with Crippen LogP contribution in [0.4, 0.5) is 0 Å². The average molecular weight is 970 g/mol. The van der Waals surface area contributed by atoms with E-state index < -0.39 is 6.10 Å². The van der Waals surface area contributed by atoms with Crippen LogP contribution in [-0.2, 0) is 19.1 Å². The number of unbranched alkanes of at least 4 members (excludes halogenated alkanes) is 24. The molecule has 0 radical (unpaired) electrons. The third kappa shape index (κ3) is 56.9. The zero-order valence-corrected chi connectivity index (χ0v) is 45.5. The number of carbonyl (C=O) groups excluding carboxylic acids is 2. The number of hydrogen-bond donors (Lipinski definition) is 1. The second-order valence-electron chi connectivity index (χ2n) is 19.0. The first-order valence-corrected chi connectivity index (χ1v) is 29.1. The van der Waals surface area contributed by atoms with Crippen LogP contribution in [0.25, 0.3) is 0 Å². The SMILES string of the molecule is CC/C=C\C/C=C\C/C=C\C/C=C\C/C=C\C/C=C\C/C=C\CCCCCCCCCCCC(=O)OC(CO)COC(=O)CCCCCCCCCCCC/C=C\C/C=C\C/C=C\CCCCCCC. The number of allylic oxidation sites excluding steroid dienone is 20. The number of esters is 2. The lowest BCUT2D eigenvalue weighted by atomic mass is 10.0. The molecule has 0 fully saturated rings. The fourth-order valence-corrected chi connectivity index (χ4v) is 7.90. The molecule has 0 saturated heterocycles. The molecule has 0 heterocycles. The highest BCUT2D eigenvalue weighted by Gasteiger charge is 2.16. The smallest absolute Gasteiger partial charge is 0.306 e. The summed E-state index contributed by atoms with van der Waals surface area (Å²) in [5, 5.41) is 9.66. The van der Waals surface area contributed by atoms with E-state index in [0.29, 0.717) is 12.8 Å². The van der Waals surface area contributed by atoms with Crippen molar-refractivity contribution in [1.82, 2.24) is 0 Å². The van der Waals surface area contributed by atoms with Gasteiger partial charge in [-0.2, -0.15) is 0 Å². The van der Waals surface area contributed by atoms with Gasteiger partial charge in [-0.1, -0.05) is 257 Å². The third-order valence-electron chi connectivity index (χ3n) is 12.2. The van der Waals surface area contributed by atoms with Gasteiger partial charge in [-0.15, -0.1) is 0 Å². The van der Waals surface area contributed by atoms with Crippen LogP contribution in [0.15, 0.2) is 122 Å². The average Bonchev–Trinajstić information content (AvgIpc) is 3.36. The Hall–Kier alpha value is -3.70. The number of rotatable bonds is 52. The van der Waals surface area contributed by atoms with E-state index >= 15 is 0 Å². The van der Waals surface area contributed by atoms with Crippen LogP contribution >= 0.6 is 0 Å². The van der Waals surface area contributed by atoms with Crippen molar-refractivity contribution in [2.45, 2.75) is 264 Å². The largest absolute Gasteiger partial charge is 0.462 e. The van der Waals surface area contributed by atoms with Crippen LogP contribution in [0.1, 0.15) is 258 Å². The zero-order valence-electron chi connectivity index (χ0n) is 45.5. The zero-order chi connectivity index (χ0) is 50.6. The fraction of sp³-hybridized carbons (Fsp3) is 0.662. The molecule has 0 spiro atoms. The van der Waals surface area contributed by atoms with Gasteiger partial charge in [0.2, 0.25) is 0 Å². The van der Waals surface area contributed by atoms with Crippen LogP contribution in [0, 0.1) is 0 Å². The minimum absolute atomic E-state index is 0.0766. The van der Waals surface area contributed by atoms with E-state index in [0.717, 1.165) is 103 Å². The van der Waals surface area contributed by atoms with Crippen molar-refractivity contribution in [2.75, 3.05) is 13.2 Å². The first-order valence-electron chi connectivity index (χ1n) is 29.1. The molecular weight excluding hydrogens is 861 g/mol. The molecule has 0 amide bonds. The number of carbonyl (C=O) groups is 2. The maximum atomic E-state index is 12.3. The normalized spacial score (nSPS) is 13.1. The minimum atomic E-state index is -0.787. The molecule has 1 atom stereocenters. The number of ether oxygens (including phenoxy) is 2. The molecule has 0 rings (SSSR count). The van der Waals surface area contributed by atoms with Crippen LogP contribution < -0.4 is 0 Å². The lowest BCUT2D eigenvalue weighted by Crippen LogP contribution is -2.28.